The number of rotatable bonds is 5. The van der Waals surface area contributed by atoms with Gasteiger partial charge in [-0.3, -0.25) is 0 Å². The average Bonchev–Trinajstić information content (AvgIpc) is 3.30. The van der Waals surface area contributed by atoms with Gasteiger partial charge in [-0.15, -0.1) is 5.10 Å². The Morgan fingerprint density at radius 2 is 1.92 bits per heavy atom. The second kappa shape index (κ2) is 7.22. The standard InChI is InChI=1S/C18H19FN6O/c1-24-22-18(20-23-24)16-5-3-2-4-13(16)12-26-17-10-11-25(21-17)15-8-6-14(19)7-9-15/h2-11,18,20,22-23H,12H2,1H3. The molecular weight excluding hydrogens is 335 g/mol. The van der Waals surface area contributed by atoms with Crippen molar-refractivity contribution in [2.75, 3.05) is 7.05 Å². The van der Waals surface area contributed by atoms with Crippen LogP contribution in [0.25, 0.3) is 5.69 Å². The Bertz CT molecular complexity index is 881. The third kappa shape index (κ3) is 3.58. The van der Waals surface area contributed by atoms with Gasteiger partial charge in [0, 0.05) is 19.3 Å². The number of hydrazine groups is 3. The Morgan fingerprint density at radius 3 is 2.69 bits per heavy atom. The van der Waals surface area contributed by atoms with E-state index >= 15 is 0 Å². The Labute approximate surface area is 150 Å². The fourth-order valence-electron chi connectivity index (χ4n) is 2.79. The molecule has 1 unspecified atom stereocenters. The molecule has 1 atom stereocenters. The molecule has 0 saturated carbocycles. The van der Waals surface area contributed by atoms with Crippen molar-refractivity contribution in [1.29, 1.82) is 0 Å². The maximum Gasteiger partial charge on any atom is 0.233 e. The zero-order valence-electron chi connectivity index (χ0n) is 14.2. The molecule has 2 heterocycles. The topological polar surface area (TPSA) is 66.4 Å². The first kappa shape index (κ1) is 16.7. The molecule has 7 nitrogen and oxygen atoms in total. The van der Waals surface area contributed by atoms with Gasteiger partial charge in [-0.25, -0.2) is 19.9 Å². The molecule has 8 heteroatoms. The number of benzene rings is 2. The molecular formula is C18H19FN6O. The predicted octanol–water partition coefficient (Wildman–Crippen LogP) is 2.05. The molecule has 3 aromatic rings. The first-order valence-electron chi connectivity index (χ1n) is 8.22. The molecule has 0 bridgehead atoms. The van der Waals surface area contributed by atoms with E-state index in [0.717, 1.165) is 16.8 Å². The first-order chi connectivity index (χ1) is 12.7. The molecule has 26 heavy (non-hydrogen) atoms. The van der Waals surface area contributed by atoms with Crippen molar-refractivity contribution < 1.29 is 9.13 Å². The molecule has 134 valence electrons. The smallest absolute Gasteiger partial charge is 0.233 e. The molecule has 2 aromatic carbocycles. The molecule has 1 aromatic heterocycles. The van der Waals surface area contributed by atoms with Crippen LogP contribution in [0.15, 0.2) is 60.8 Å². The summed E-state index contributed by atoms with van der Waals surface area (Å²) < 4.78 is 20.5. The Balaban J connectivity index is 1.46. The van der Waals surface area contributed by atoms with E-state index in [9.17, 15) is 4.39 Å². The van der Waals surface area contributed by atoms with E-state index in [0.29, 0.717) is 12.5 Å². The second-order valence-corrected chi connectivity index (χ2v) is 5.94. The van der Waals surface area contributed by atoms with Gasteiger partial charge in [0.1, 0.15) is 18.6 Å². The lowest BCUT2D eigenvalue weighted by atomic mass is 10.1. The molecule has 1 saturated heterocycles. The minimum atomic E-state index is -0.275. The molecule has 4 rings (SSSR count). The SMILES string of the molecule is CN1NNC(c2ccccc2COc2ccn(-c3ccc(F)cc3)n2)N1. The van der Waals surface area contributed by atoms with Gasteiger partial charge in [-0.2, -0.15) is 10.7 Å². The second-order valence-electron chi connectivity index (χ2n) is 5.94. The molecule has 0 amide bonds. The fraction of sp³-hybridized carbons (Fsp3) is 0.167. The number of nitrogens with one attached hydrogen (secondary N) is 3. The average molecular weight is 354 g/mol. The summed E-state index contributed by atoms with van der Waals surface area (Å²) in [5, 5.41) is 6.14. The van der Waals surface area contributed by atoms with Crippen molar-refractivity contribution in [3.8, 4) is 11.6 Å². The summed E-state index contributed by atoms with van der Waals surface area (Å²) in [5.41, 5.74) is 12.3. The summed E-state index contributed by atoms with van der Waals surface area (Å²) in [4.78, 5) is 0. The molecule has 0 radical (unpaired) electrons. The zero-order valence-corrected chi connectivity index (χ0v) is 14.2. The van der Waals surface area contributed by atoms with Crippen molar-refractivity contribution >= 4 is 0 Å². The van der Waals surface area contributed by atoms with Crippen molar-refractivity contribution in [1.82, 2.24) is 31.3 Å². The largest absolute Gasteiger partial charge is 0.472 e. The maximum atomic E-state index is 13.0. The summed E-state index contributed by atoms with van der Waals surface area (Å²) >= 11 is 0. The summed E-state index contributed by atoms with van der Waals surface area (Å²) in [6.45, 7) is 0.389. The third-order valence-electron chi connectivity index (χ3n) is 4.10. The Morgan fingerprint density at radius 1 is 1.12 bits per heavy atom. The van der Waals surface area contributed by atoms with Crippen LogP contribution in [-0.2, 0) is 6.61 Å². The summed E-state index contributed by atoms with van der Waals surface area (Å²) in [6.07, 6.45) is 1.74. The zero-order chi connectivity index (χ0) is 17.9. The van der Waals surface area contributed by atoms with Crippen molar-refractivity contribution in [3.05, 3.63) is 77.7 Å². The van der Waals surface area contributed by atoms with Crippen LogP contribution in [0, 0.1) is 5.82 Å². The number of hydrogen-bond acceptors (Lipinski definition) is 6. The molecule has 3 N–H and O–H groups in total. The molecule has 1 aliphatic heterocycles. The Hall–Kier alpha value is -2.78. The highest BCUT2D eigenvalue weighted by Crippen LogP contribution is 2.20. The van der Waals surface area contributed by atoms with Gasteiger partial charge in [0.05, 0.1) is 5.69 Å². The minimum Gasteiger partial charge on any atom is -0.472 e. The van der Waals surface area contributed by atoms with E-state index < -0.39 is 0 Å². The van der Waals surface area contributed by atoms with Gasteiger partial charge in [-0.1, -0.05) is 24.3 Å². The van der Waals surface area contributed by atoms with Gasteiger partial charge in [0.15, 0.2) is 0 Å². The number of aromatic nitrogens is 2. The van der Waals surface area contributed by atoms with Crippen LogP contribution in [0.3, 0.4) is 0 Å². The lowest BCUT2D eigenvalue weighted by Gasteiger charge is -2.15. The van der Waals surface area contributed by atoms with Gasteiger partial charge < -0.3 is 4.74 Å². The molecule has 1 fully saturated rings. The monoisotopic (exact) mass is 354 g/mol. The van der Waals surface area contributed by atoms with Gasteiger partial charge in [0.2, 0.25) is 5.88 Å². The number of halogens is 1. The van der Waals surface area contributed by atoms with Crippen molar-refractivity contribution in [3.63, 3.8) is 0 Å². The number of nitrogens with zero attached hydrogens (tertiary/aromatic N) is 3. The van der Waals surface area contributed by atoms with Crippen LogP contribution in [-0.4, -0.2) is 21.9 Å². The highest BCUT2D eigenvalue weighted by atomic mass is 19.1. The number of hydrogen-bond donors (Lipinski definition) is 3. The van der Waals surface area contributed by atoms with Crippen LogP contribution in [0.5, 0.6) is 5.88 Å². The predicted molar refractivity (Wildman–Crippen MR) is 94.2 cm³/mol. The van der Waals surface area contributed by atoms with Crippen molar-refractivity contribution in [2.45, 2.75) is 12.8 Å². The van der Waals surface area contributed by atoms with E-state index in [1.165, 1.54) is 12.1 Å². The van der Waals surface area contributed by atoms with Crippen LogP contribution in [0.4, 0.5) is 4.39 Å². The van der Waals surface area contributed by atoms with E-state index in [2.05, 4.69) is 21.5 Å². The van der Waals surface area contributed by atoms with Crippen molar-refractivity contribution in [2.24, 2.45) is 0 Å². The lowest BCUT2D eigenvalue weighted by Crippen LogP contribution is -2.35. The first-order valence-corrected chi connectivity index (χ1v) is 8.22. The third-order valence-corrected chi connectivity index (χ3v) is 4.10. The summed E-state index contributed by atoms with van der Waals surface area (Å²) in [6, 6.07) is 16.0. The highest BCUT2D eigenvalue weighted by Gasteiger charge is 2.21. The van der Waals surface area contributed by atoms with Crippen LogP contribution < -0.4 is 21.1 Å². The fourth-order valence-corrected chi connectivity index (χ4v) is 2.79. The van der Waals surface area contributed by atoms with Crippen LogP contribution in [0.1, 0.15) is 17.3 Å². The minimum absolute atomic E-state index is 0.0448. The van der Waals surface area contributed by atoms with E-state index in [1.807, 2.05) is 31.3 Å². The summed E-state index contributed by atoms with van der Waals surface area (Å²) in [5.74, 6) is 0.231. The van der Waals surface area contributed by atoms with E-state index in [1.54, 1.807) is 34.2 Å². The lowest BCUT2D eigenvalue weighted by molar-refractivity contribution is 0.214. The van der Waals surface area contributed by atoms with Crippen LogP contribution in [0.2, 0.25) is 0 Å². The molecule has 1 aliphatic rings. The molecule has 0 spiro atoms. The Kier molecular flexibility index (Phi) is 4.63. The maximum absolute atomic E-state index is 13.0. The normalized spacial score (nSPS) is 17.5. The van der Waals surface area contributed by atoms with E-state index in [-0.39, 0.29) is 12.0 Å². The highest BCUT2D eigenvalue weighted by molar-refractivity contribution is 5.32. The van der Waals surface area contributed by atoms with Gasteiger partial charge >= 0.3 is 0 Å². The van der Waals surface area contributed by atoms with Gasteiger partial charge in [-0.05, 0) is 35.4 Å². The van der Waals surface area contributed by atoms with Gasteiger partial charge in [0.25, 0.3) is 0 Å². The number of ether oxygens (including phenoxy) is 1. The molecule has 0 aliphatic carbocycles. The quantitative estimate of drug-likeness (QED) is 0.652. The summed E-state index contributed by atoms with van der Waals surface area (Å²) in [7, 11) is 1.88. The van der Waals surface area contributed by atoms with Crippen LogP contribution >= 0.6 is 0 Å². The van der Waals surface area contributed by atoms with E-state index in [4.69, 9.17) is 4.74 Å².